The first kappa shape index (κ1) is 22.6. The molecule has 1 rings (SSSR count). The Bertz CT molecular complexity index is 619. The molecular weight excluding hydrogens is 361 g/mol. The Hall–Kier alpha value is -1.44. The van der Waals surface area contributed by atoms with Crippen LogP contribution in [-0.2, 0) is 14.0 Å². The predicted octanol–water partition coefficient (Wildman–Crippen LogP) is 2.20. The second-order valence-electron chi connectivity index (χ2n) is 5.70. The summed E-state index contributed by atoms with van der Waals surface area (Å²) in [6.07, 6.45) is -1.49. The molecule has 1 aromatic rings. The van der Waals surface area contributed by atoms with Crippen LogP contribution in [0, 0.1) is 0 Å². The Labute approximate surface area is 153 Å². The van der Waals surface area contributed by atoms with Gasteiger partial charge in [0.25, 0.3) is 7.37 Å². The second kappa shape index (κ2) is 10.6. The van der Waals surface area contributed by atoms with Crippen molar-refractivity contribution in [3.8, 4) is 0 Å². The minimum atomic E-state index is -3.89. The first-order valence-corrected chi connectivity index (χ1v) is 10.5. The normalized spacial score (nSPS) is 14.8. The molecule has 0 saturated heterocycles. The Morgan fingerprint density at radius 2 is 1.85 bits per heavy atom. The van der Waals surface area contributed by atoms with Gasteiger partial charge in [0.15, 0.2) is 0 Å². The summed E-state index contributed by atoms with van der Waals surface area (Å²) in [7, 11) is -3.89. The number of aliphatic hydroxyl groups excluding tert-OH is 1. The standard InChI is InChI=1S/C17H28NO7P/c1-4-18(14-9-7-8-13(10-14)16(20)21)11-15(19)12-26(22,23)17(24-5-2)25-6-3/h7-10,15,17,19H,4-6,11-12H2,1-3H3,(H,20,21)(H,22,23). The molecule has 0 aromatic heterocycles. The summed E-state index contributed by atoms with van der Waals surface area (Å²) >= 11 is 0. The first-order chi connectivity index (χ1) is 12.2. The lowest BCUT2D eigenvalue weighted by Crippen LogP contribution is -2.35. The zero-order valence-electron chi connectivity index (χ0n) is 15.4. The van der Waals surface area contributed by atoms with Gasteiger partial charge in [-0.1, -0.05) is 6.07 Å². The smallest absolute Gasteiger partial charge is 0.335 e. The maximum absolute atomic E-state index is 12.5. The van der Waals surface area contributed by atoms with Crippen LogP contribution in [0.4, 0.5) is 5.69 Å². The summed E-state index contributed by atoms with van der Waals surface area (Å²) in [5, 5.41) is 19.4. The Morgan fingerprint density at radius 3 is 2.35 bits per heavy atom. The first-order valence-electron chi connectivity index (χ1n) is 8.56. The van der Waals surface area contributed by atoms with Gasteiger partial charge in [0.1, 0.15) is 0 Å². The third-order valence-electron chi connectivity index (χ3n) is 3.69. The molecule has 0 spiro atoms. The van der Waals surface area contributed by atoms with Crippen LogP contribution in [0.2, 0.25) is 0 Å². The number of carbonyl (C=O) groups is 1. The molecule has 2 atom stereocenters. The van der Waals surface area contributed by atoms with Crippen molar-refractivity contribution in [1.29, 1.82) is 0 Å². The number of hydrogen-bond acceptors (Lipinski definition) is 6. The summed E-state index contributed by atoms with van der Waals surface area (Å²) < 4.78 is 22.9. The molecule has 0 saturated carbocycles. The van der Waals surface area contributed by atoms with Crippen LogP contribution in [0.3, 0.4) is 0 Å². The minimum absolute atomic E-state index is 0.0785. The highest BCUT2D eigenvalue weighted by molar-refractivity contribution is 7.58. The largest absolute Gasteiger partial charge is 0.478 e. The van der Waals surface area contributed by atoms with Crippen LogP contribution < -0.4 is 4.90 Å². The third kappa shape index (κ3) is 6.70. The van der Waals surface area contributed by atoms with Crippen molar-refractivity contribution in [1.82, 2.24) is 0 Å². The van der Waals surface area contributed by atoms with Gasteiger partial charge in [-0.3, -0.25) is 4.57 Å². The van der Waals surface area contributed by atoms with E-state index in [1.54, 1.807) is 30.9 Å². The number of rotatable bonds is 12. The van der Waals surface area contributed by atoms with E-state index in [2.05, 4.69) is 0 Å². The zero-order chi connectivity index (χ0) is 19.7. The maximum atomic E-state index is 12.5. The topological polar surface area (TPSA) is 117 Å². The van der Waals surface area contributed by atoms with Crippen LogP contribution in [-0.4, -0.2) is 65.7 Å². The molecule has 1 aromatic carbocycles. The molecule has 3 N–H and O–H groups in total. The number of anilines is 1. The Morgan fingerprint density at radius 1 is 1.23 bits per heavy atom. The number of ether oxygens (including phenoxy) is 2. The van der Waals surface area contributed by atoms with E-state index in [0.717, 1.165) is 0 Å². The number of aromatic carboxylic acids is 1. The van der Waals surface area contributed by atoms with Gasteiger partial charge in [-0.05, 0) is 39.0 Å². The number of likely N-dealkylation sites (N-methyl/N-ethyl adjacent to an activating group) is 1. The van der Waals surface area contributed by atoms with Crippen molar-refractivity contribution < 1.29 is 33.9 Å². The number of benzene rings is 1. The lowest BCUT2D eigenvalue weighted by atomic mass is 10.2. The van der Waals surface area contributed by atoms with Crippen molar-refractivity contribution in [2.75, 3.05) is 37.4 Å². The van der Waals surface area contributed by atoms with Crippen LogP contribution in [0.15, 0.2) is 24.3 Å². The summed E-state index contributed by atoms with van der Waals surface area (Å²) in [5.41, 5.74) is 0.751. The lowest BCUT2D eigenvalue weighted by molar-refractivity contribution is -0.0876. The van der Waals surface area contributed by atoms with Crippen LogP contribution in [0.1, 0.15) is 31.1 Å². The molecule has 0 radical (unpaired) electrons. The molecular formula is C17H28NO7P. The highest BCUT2D eigenvalue weighted by Crippen LogP contribution is 2.48. The summed E-state index contributed by atoms with van der Waals surface area (Å²) in [5.74, 6) is -1.04. The summed E-state index contributed by atoms with van der Waals surface area (Å²) in [4.78, 5) is 23.1. The number of hydrogen-bond donors (Lipinski definition) is 3. The van der Waals surface area contributed by atoms with Crippen molar-refractivity contribution in [2.24, 2.45) is 0 Å². The molecule has 0 aliphatic heterocycles. The monoisotopic (exact) mass is 389 g/mol. The Kier molecular flexibility index (Phi) is 9.25. The Balaban J connectivity index is 2.83. The number of aliphatic hydroxyl groups is 1. The van der Waals surface area contributed by atoms with Gasteiger partial charge in [0.2, 0.25) is 6.03 Å². The summed E-state index contributed by atoms with van der Waals surface area (Å²) in [6.45, 7) is 6.24. The molecule has 2 unspecified atom stereocenters. The van der Waals surface area contributed by atoms with E-state index in [0.29, 0.717) is 12.2 Å². The fraction of sp³-hybridized carbons (Fsp3) is 0.588. The molecule has 0 heterocycles. The van der Waals surface area contributed by atoms with Crippen molar-refractivity contribution in [2.45, 2.75) is 32.9 Å². The highest BCUT2D eigenvalue weighted by Gasteiger charge is 2.35. The molecule has 0 fully saturated rings. The highest BCUT2D eigenvalue weighted by atomic mass is 31.2. The van der Waals surface area contributed by atoms with Gasteiger partial charge in [-0.15, -0.1) is 0 Å². The fourth-order valence-corrected chi connectivity index (χ4v) is 4.17. The maximum Gasteiger partial charge on any atom is 0.335 e. The lowest BCUT2D eigenvalue weighted by Gasteiger charge is -2.29. The van der Waals surface area contributed by atoms with Crippen LogP contribution >= 0.6 is 7.37 Å². The molecule has 26 heavy (non-hydrogen) atoms. The van der Waals surface area contributed by atoms with E-state index in [1.165, 1.54) is 12.1 Å². The van der Waals surface area contributed by atoms with Crippen molar-refractivity contribution in [3.05, 3.63) is 29.8 Å². The fourth-order valence-electron chi connectivity index (χ4n) is 2.52. The molecule has 9 heteroatoms. The van der Waals surface area contributed by atoms with Gasteiger partial charge in [-0.25, -0.2) is 4.79 Å². The average molecular weight is 389 g/mol. The minimum Gasteiger partial charge on any atom is -0.478 e. The zero-order valence-corrected chi connectivity index (χ0v) is 16.3. The van der Waals surface area contributed by atoms with E-state index >= 15 is 0 Å². The number of carboxylic acids is 1. The van der Waals surface area contributed by atoms with E-state index in [4.69, 9.17) is 14.6 Å². The van der Waals surface area contributed by atoms with Crippen LogP contribution in [0.5, 0.6) is 0 Å². The number of nitrogens with zero attached hydrogens (tertiary/aromatic N) is 1. The van der Waals surface area contributed by atoms with Gasteiger partial charge in [0.05, 0.1) is 17.8 Å². The van der Waals surface area contributed by atoms with E-state index in [9.17, 15) is 19.4 Å². The molecule has 0 aliphatic rings. The van der Waals surface area contributed by atoms with E-state index < -0.39 is 25.5 Å². The van der Waals surface area contributed by atoms with Crippen LogP contribution in [0.25, 0.3) is 0 Å². The van der Waals surface area contributed by atoms with Crippen molar-refractivity contribution >= 4 is 19.0 Å². The SMILES string of the molecule is CCOC(OCC)P(=O)(O)CC(O)CN(CC)c1cccc(C(=O)O)c1. The molecule has 0 bridgehead atoms. The van der Waals surface area contributed by atoms with Gasteiger partial charge >= 0.3 is 5.97 Å². The van der Waals surface area contributed by atoms with E-state index in [-0.39, 0.29) is 31.5 Å². The van der Waals surface area contributed by atoms with Gasteiger partial charge in [-0.2, -0.15) is 0 Å². The molecule has 148 valence electrons. The average Bonchev–Trinajstić information content (AvgIpc) is 2.59. The third-order valence-corrected chi connectivity index (χ3v) is 5.59. The predicted molar refractivity (Wildman–Crippen MR) is 99.0 cm³/mol. The second-order valence-corrected chi connectivity index (χ2v) is 8.00. The molecule has 0 amide bonds. The number of carboxylic acid groups (broad SMARTS) is 1. The van der Waals surface area contributed by atoms with Crippen molar-refractivity contribution in [3.63, 3.8) is 0 Å². The summed E-state index contributed by atoms with van der Waals surface area (Å²) in [6, 6.07) is 5.06. The molecule has 0 aliphatic carbocycles. The van der Waals surface area contributed by atoms with E-state index in [1.807, 2.05) is 6.92 Å². The van der Waals surface area contributed by atoms with Gasteiger partial charge in [0, 0.05) is 32.0 Å². The molecule has 8 nitrogen and oxygen atoms in total. The van der Waals surface area contributed by atoms with Gasteiger partial charge < -0.3 is 29.5 Å². The quantitative estimate of drug-likeness (QED) is 0.368.